The maximum Gasteiger partial charge on any atom is 0.104 e. The predicted molar refractivity (Wildman–Crippen MR) is 85.7 cm³/mol. The van der Waals surface area contributed by atoms with Gasteiger partial charge in [0.2, 0.25) is 0 Å². The van der Waals surface area contributed by atoms with Gasteiger partial charge in [0.05, 0.1) is 20.1 Å². The lowest BCUT2D eigenvalue weighted by Crippen LogP contribution is -2.60. The Balaban J connectivity index is 1.83. The summed E-state index contributed by atoms with van der Waals surface area (Å²) in [4.78, 5) is 0. The van der Waals surface area contributed by atoms with E-state index in [1.807, 2.05) is 12.1 Å². The lowest BCUT2D eigenvalue weighted by atomic mass is 9.62. The van der Waals surface area contributed by atoms with Crippen LogP contribution in [0.1, 0.15) is 39.2 Å². The van der Waals surface area contributed by atoms with Crippen molar-refractivity contribution < 1.29 is 4.48 Å². The largest absolute Gasteiger partial charge is 0.322 e. The van der Waals surface area contributed by atoms with Crippen LogP contribution in [0.3, 0.4) is 0 Å². The average Bonchev–Trinajstić information content (AvgIpc) is 2.49. The highest BCUT2D eigenvalue weighted by Gasteiger charge is 2.60. The van der Waals surface area contributed by atoms with Gasteiger partial charge in [-0.05, 0) is 30.4 Å². The van der Waals surface area contributed by atoms with E-state index in [9.17, 15) is 0 Å². The first-order chi connectivity index (χ1) is 9.24. The number of piperidine rings is 1. The second-order valence-corrected chi connectivity index (χ2v) is 8.70. The van der Waals surface area contributed by atoms with E-state index in [1.54, 1.807) is 0 Å². The molecular formula is C18H27ClN+. The first-order valence-electron chi connectivity index (χ1n) is 7.82. The average molecular weight is 293 g/mol. The number of rotatable bonds is 2. The van der Waals surface area contributed by atoms with Crippen molar-refractivity contribution in [3.8, 4) is 0 Å². The number of likely N-dealkylation sites (tertiary alicyclic amines) is 1. The molecule has 3 atom stereocenters. The number of nitrogens with zero attached hydrogens (tertiary/aromatic N) is 1. The molecule has 20 heavy (non-hydrogen) atoms. The third kappa shape index (κ3) is 2.19. The summed E-state index contributed by atoms with van der Waals surface area (Å²) < 4.78 is 1.19. The number of hydrogen-bond acceptors (Lipinski definition) is 0. The van der Waals surface area contributed by atoms with E-state index in [-0.39, 0.29) is 0 Å². The van der Waals surface area contributed by atoms with Crippen LogP contribution in [0.5, 0.6) is 0 Å². The highest BCUT2D eigenvalue weighted by molar-refractivity contribution is 6.30. The second kappa shape index (κ2) is 4.48. The molecule has 1 aromatic carbocycles. The fraction of sp³-hybridized carbons (Fsp3) is 0.667. The van der Waals surface area contributed by atoms with Gasteiger partial charge in [-0.15, -0.1) is 0 Å². The van der Waals surface area contributed by atoms with E-state index in [2.05, 4.69) is 40.0 Å². The zero-order valence-electron chi connectivity index (χ0n) is 13.2. The summed E-state index contributed by atoms with van der Waals surface area (Å²) in [7, 11) is 2.44. The Bertz CT molecular complexity index is 507. The van der Waals surface area contributed by atoms with Crippen molar-refractivity contribution in [2.45, 2.75) is 40.2 Å². The fourth-order valence-electron chi connectivity index (χ4n) is 4.86. The normalized spacial score (nSPS) is 39.0. The molecule has 2 aliphatic rings. The Kier molecular flexibility index (Phi) is 3.23. The van der Waals surface area contributed by atoms with E-state index in [0.717, 1.165) is 17.5 Å². The summed E-state index contributed by atoms with van der Waals surface area (Å²) in [6.07, 6.45) is 2.82. The molecule has 1 heterocycles. The summed E-state index contributed by atoms with van der Waals surface area (Å²) >= 11 is 6.00. The number of hydrogen-bond donors (Lipinski definition) is 0. The van der Waals surface area contributed by atoms with E-state index in [1.165, 1.54) is 36.0 Å². The van der Waals surface area contributed by atoms with Crippen molar-refractivity contribution >= 4 is 11.6 Å². The van der Waals surface area contributed by atoms with Gasteiger partial charge in [0, 0.05) is 21.9 Å². The maximum atomic E-state index is 6.00. The molecule has 3 rings (SSSR count). The minimum Gasteiger partial charge on any atom is -0.322 e. The molecule has 1 saturated carbocycles. The zero-order chi connectivity index (χ0) is 14.6. The molecule has 1 aliphatic carbocycles. The van der Waals surface area contributed by atoms with Crippen molar-refractivity contribution in [2.75, 3.05) is 20.1 Å². The Labute approximate surface area is 128 Å². The van der Waals surface area contributed by atoms with Crippen molar-refractivity contribution in [3.63, 3.8) is 0 Å². The van der Waals surface area contributed by atoms with Gasteiger partial charge in [0.15, 0.2) is 0 Å². The van der Waals surface area contributed by atoms with E-state index >= 15 is 0 Å². The minimum atomic E-state index is 0.497. The Hall–Kier alpha value is -0.530. The highest BCUT2D eigenvalue weighted by Crippen LogP contribution is 2.60. The molecule has 0 radical (unpaired) electrons. The van der Waals surface area contributed by atoms with Crippen molar-refractivity contribution in [3.05, 3.63) is 34.9 Å². The molecule has 2 heteroatoms. The van der Waals surface area contributed by atoms with Crippen LogP contribution in [-0.4, -0.2) is 24.6 Å². The van der Waals surface area contributed by atoms with Gasteiger partial charge >= 0.3 is 0 Å². The summed E-state index contributed by atoms with van der Waals surface area (Å²) in [5.74, 6) is 0.874. The quantitative estimate of drug-likeness (QED) is 0.691. The van der Waals surface area contributed by atoms with Gasteiger partial charge < -0.3 is 4.48 Å². The molecule has 3 unspecified atom stereocenters. The van der Waals surface area contributed by atoms with Crippen LogP contribution < -0.4 is 0 Å². The lowest BCUT2D eigenvalue weighted by molar-refractivity contribution is -0.938. The van der Waals surface area contributed by atoms with Crippen LogP contribution >= 0.6 is 11.6 Å². The molecule has 1 aliphatic heterocycles. The van der Waals surface area contributed by atoms with Crippen LogP contribution in [0.4, 0.5) is 0 Å². The first-order valence-corrected chi connectivity index (χ1v) is 8.20. The predicted octanol–water partition coefficient (Wildman–Crippen LogP) is 4.74. The van der Waals surface area contributed by atoms with E-state index in [0.29, 0.717) is 10.8 Å². The van der Waals surface area contributed by atoms with Gasteiger partial charge in [-0.1, -0.05) is 44.5 Å². The van der Waals surface area contributed by atoms with Crippen LogP contribution in [-0.2, 0) is 6.54 Å². The Morgan fingerprint density at radius 2 is 1.85 bits per heavy atom. The molecule has 0 amide bonds. The van der Waals surface area contributed by atoms with Gasteiger partial charge in [0.25, 0.3) is 0 Å². The molecule has 2 fully saturated rings. The third-order valence-corrected chi connectivity index (χ3v) is 6.74. The van der Waals surface area contributed by atoms with Crippen LogP contribution in [0, 0.1) is 16.7 Å². The summed E-state index contributed by atoms with van der Waals surface area (Å²) in [5.41, 5.74) is 2.42. The van der Waals surface area contributed by atoms with Crippen LogP contribution in [0.2, 0.25) is 5.02 Å². The van der Waals surface area contributed by atoms with Crippen molar-refractivity contribution in [1.29, 1.82) is 0 Å². The van der Waals surface area contributed by atoms with Crippen LogP contribution in [0.25, 0.3) is 0 Å². The van der Waals surface area contributed by atoms with Crippen molar-refractivity contribution in [1.82, 2.24) is 0 Å². The van der Waals surface area contributed by atoms with E-state index in [4.69, 9.17) is 11.6 Å². The second-order valence-electron chi connectivity index (χ2n) is 8.26. The van der Waals surface area contributed by atoms with Gasteiger partial charge in [-0.3, -0.25) is 0 Å². The topological polar surface area (TPSA) is 0 Å². The molecule has 1 aromatic rings. The number of fused-ring (bicyclic) bond motifs is 2. The van der Waals surface area contributed by atoms with Crippen LogP contribution in [0.15, 0.2) is 24.3 Å². The van der Waals surface area contributed by atoms with Gasteiger partial charge in [0.1, 0.15) is 6.54 Å². The molecule has 1 nitrogen and oxygen atoms in total. The van der Waals surface area contributed by atoms with Gasteiger partial charge in [-0.2, -0.15) is 0 Å². The summed E-state index contributed by atoms with van der Waals surface area (Å²) in [6, 6.07) is 8.42. The minimum absolute atomic E-state index is 0.497. The molecular weight excluding hydrogens is 266 g/mol. The number of halogens is 1. The van der Waals surface area contributed by atoms with E-state index < -0.39 is 0 Å². The molecule has 110 valence electrons. The molecule has 1 saturated heterocycles. The summed E-state index contributed by atoms with van der Waals surface area (Å²) in [6.45, 7) is 11.3. The number of quaternary nitrogens is 1. The molecule has 2 bridgehead atoms. The summed E-state index contributed by atoms with van der Waals surface area (Å²) in [5, 5.41) is 0.836. The monoisotopic (exact) mass is 292 g/mol. The number of benzene rings is 1. The van der Waals surface area contributed by atoms with Gasteiger partial charge in [-0.25, -0.2) is 0 Å². The zero-order valence-corrected chi connectivity index (χ0v) is 14.0. The smallest absolute Gasteiger partial charge is 0.104 e. The molecule has 0 spiro atoms. The Morgan fingerprint density at radius 3 is 2.45 bits per heavy atom. The standard InChI is InChI=1S/C18H27ClN/c1-17(2)15-9-10-18(17,3)13-20(4,12-15)11-14-5-7-16(19)8-6-14/h5-8,15H,9-13H2,1-4H3/q+1. The highest BCUT2D eigenvalue weighted by atomic mass is 35.5. The third-order valence-electron chi connectivity index (χ3n) is 6.49. The molecule has 0 N–H and O–H groups in total. The maximum absolute atomic E-state index is 6.00. The molecule has 0 aromatic heterocycles. The first kappa shape index (κ1) is 14.4. The SMILES string of the molecule is CC12CCC(C[N+](C)(Cc3ccc(Cl)cc3)C1)C2(C)C. The Morgan fingerprint density at radius 1 is 1.20 bits per heavy atom. The fourth-order valence-corrected chi connectivity index (χ4v) is 4.99. The van der Waals surface area contributed by atoms with Crippen molar-refractivity contribution in [2.24, 2.45) is 16.7 Å². The lowest BCUT2D eigenvalue weighted by Gasteiger charge is -2.54.